The Morgan fingerprint density at radius 1 is 1.57 bits per heavy atom. The molecule has 0 aliphatic rings. The van der Waals surface area contributed by atoms with Crippen molar-refractivity contribution in [3.8, 4) is 0 Å². The summed E-state index contributed by atoms with van der Waals surface area (Å²) in [6, 6.07) is 0.102. The number of hydrogen-bond donors (Lipinski definition) is 2. The van der Waals surface area contributed by atoms with Crippen molar-refractivity contribution in [1.29, 1.82) is 0 Å². The number of rotatable bonds is 6. The molecule has 1 atom stereocenters. The van der Waals surface area contributed by atoms with Crippen molar-refractivity contribution in [2.75, 3.05) is 13.2 Å². The van der Waals surface area contributed by atoms with E-state index in [-0.39, 0.29) is 12.1 Å². The Hall–Kier alpha value is -0.940. The van der Waals surface area contributed by atoms with Gasteiger partial charge in [0.1, 0.15) is 12.2 Å². The molecule has 0 spiro atoms. The Kier molecular flexibility index (Phi) is 4.55. The van der Waals surface area contributed by atoms with Crippen molar-refractivity contribution in [3.05, 3.63) is 12.2 Å². The molecule has 0 aromatic carbocycles. The maximum absolute atomic E-state index is 5.53. The van der Waals surface area contributed by atoms with Crippen molar-refractivity contribution in [2.24, 2.45) is 0 Å². The summed E-state index contributed by atoms with van der Waals surface area (Å²) in [4.78, 5) is 4.10. The van der Waals surface area contributed by atoms with E-state index in [9.17, 15) is 0 Å². The zero-order valence-electron chi connectivity index (χ0n) is 8.95. The summed E-state index contributed by atoms with van der Waals surface area (Å²) in [5.41, 5.74) is 0. The summed E-state index contributed by atoms with van der Waals surface area (Å²) in [6.07, 6.45) is 1.74. The second kappa shape index (κ2) is 5.72. The van der Waals surface area contributed by atoms with Crippen LogP contribution in [0.3, 0.4) is 0 Å². The van der Waals surface area contributed by atoms with Crippen LogP contribution in [0, 0.1) is 0 Å². The summed E-state index contributed by atoms with van der Waals surface area (Å²) in [5, 5.41) is 9.94. The minimum Gasteiger partial charge on any atom is -0.377 e. The fourth-order valence-electron chi connectivity index (χ4n) is 1.15. The highest BCUT2D eigenvalue weighted by Crippen LogP contribution is 2.07. The van der Waals surface area contributed by atoms with Crippen molar-refractivity contribution < 1.29 is 4.74 Å². The van der Waals surface area contributed by atoms with E-state index in [0.29, 0.717) is 6.61 Å². The van der Waals surface area contributed by atoms with Gasteiger partial charge in [0, 0.05) is 0 Å². The molecule has 0 saturated carbocycles. The first-order chi connectivity index (χ1) is 6.74. The van der Waals surface area contributed by atoms with E-state index in [0.717, 1.165) is 12.4 Å². The van der Waals surface area contributed by atoms with Gasteiger partial charge in [0.2, 0.25) is 0 Å². The first kappa shape index (κ1) is 11.1. The van der Waals surface area contributed by atoms with Crippen LogP contribution in [0.2, 0.25) is 0 Å². The van der Waals surface area contributed by atoms with Gasteiger partial charge in [-0.15, -0.1) is 0 Å². The smallest absolute Gasteiger partial charge is 0.143 e. The number of hydrogen-bond acceptors (Lipinski definition) is 4. The molecule has 1 heterocycles. The molecule has 14 heavy (non-hydrogen) atoms. The topological polar surface area (TPSA) is 62.8 Å². The molecule has 5 heteroatoms. The lowest BCUT2D eigenvalue weighted by atomic mass is 10.3. The summed E-state index contributed by atoms with van der Waals surface area (Å²) < 4.78 is 5.53. The van der Waals surface area contributed by atoms with Gasteiger partial charge in [-0.1, -0.05) is 6.92 Å². The second-order valence-corrected chi connectivity index (χ2v) is 3.36. The highest BCUT2D eigenvalue weighted by molar-refractivity contribution is 4.91. The number of ether oxygens (including phenoxy) is 1. The zero-order valence-corrected chi connectivity index (χ0v) is 8.95. The number of nitrogens with zero attached hydrogens (tertiary/aromatic N) is 2. The van der Waals surface area contributed by atoms with Crippen LogP contribution >= 0.6 is 0 Å². The molecule has 1 aromatic heterocycles. The van der Waals surface area contributed by atoms with Crippen LogP contribution < -0.4 is 5.32 Å². The molecule has 0 saturated heterocycles. The summed E-state index contributed by atoms with van der Waals surface area (Å²) >= 11 is 0. The van der Waals surface area contributed by atoms with Crippen LogP contribution in [0.4, 0.5) is 0 Å². The zero-order chi connectivity index (χ0) is 10.4. The lowest BCUT2D eigenvalue weighted by Gasteiger charge is -2.16. The average Bonchev–Trinajstić information content (AvgIpc) is 2.64. The minimum atomic E-state index is 0.102. The van der Waals surface area contributed by atoms with Gasteiger partial charge in [0.25, 0.3) is 0 Å². The number of H-pyrrole nitrogens is 1. The maximum Gasteiger partial charge on any atom is 0.143 e. The van der Waals surface area contributed by atoms with Crippen LogP contribution in [0.25, 0.3) is 0 Å². The molecule has 0 amide bonds. The number of aromatic nitrogens is 3. The van der Waals surface area contributed by atoms with Gasteiger partial charge in [0.15, 0.2) is 0 Å². The number of nitrogens with one attached hydrogen (secondary N) is 2. The molecule has 0 aliphatic carbocycles. The van der Waals surface area contributed by atoms with Crippen molar-refractivity contribution in [3.63, 3.8) is 0 Å². The SMILES string of the molecule is CCNC(COC(C)C)c1ncn[nH]1. The average molecular weight is 198 g/mol. The van der Waals surface area contributed by atoms with Crippen molar-refractivity contribution >= 4 is 0 Å². The molecule has 1 aromatic rings. The van der Waals surface area contributed by atoms with Crippen LogP contribution in [0.15, 0.2) is 6.33 Å². The normalized spacial score (nSPS) is 13.4. The third kappa shape index (κ3) is 3.43. The lowest BCUT2D eigenvalue weighted by Crippen LogP contribution is -2.27. The first-order valence-electron chi connectivity index (χ1n) is 4.94. The van der Waals surface area contributed by atoms with E-state index in [1.54, 1.807) is 0 Å². The van der Waals surface area contributed by atoms with E-state index >= 15 is 0 Å². The van der Waals surface area contributed by atoms with Crippen molar-refractivity contribution in [1.82, 2.24) is 20.5 Å². The maximum atomic E-state index is 5.53. The van der Waals surface area contributed by atoms with Crippen LogP contribution in [0.1, 0.15) is 32.6 Å². The van der Waals surface area contributed by atoms with Gasteiger partial charge < -0.3 is 10.1 Å². The summed E-state index contributed by atoms with van der Waals surface area (Å²) in [6.45, 7) is 7.58. The predicted molar refractivity (Wildman–Crippen MR) is 53.9 cm³/mol. The Balaban J connectivity index is 2.47. The molecule has 2 N–H and O–H groups in total. The first-order valence-corrected chi connectivity index (χ1v) is 4.94. The van der Waals surface area contributed by atoms with Gasteiger partial charge in [-0.05, 0) is 20.4 Å². The molecular formula is C9H18N4O. The molecule has 5 nitrogen and oxygen atoms in total. The van der Waals surface area contributed by atoms with Gasteiger partial charge in [-0.3, -0.25) is 5.10 Å². The number of aromatic amines is 1. The molecule has 1 unspecified atom stereocenters. The Bertz CT molecular complexity index is 235. The fourth-order valence-corrected chi connectivity index (χ4v) is 1.15. The summed E-state index contributed by atoms with van der Waals surface area (Å²) in [7, 11) is 0. The molecule has 0 radical (unpaired) electrons. The van der Waals surface area contributed by atoms with E-state index in [2.05, 4.69) is 27.4 Å². The Morgan fingerprint density at radius 3 is 2.86 bits per heavy atom. The largest absolute Gasteiger partial charge is 0.377 e. The van der Waals surface area contributed by atoms with Crippen molar-refractivity contribution in [2.45, 2.75) is 32.9 Å². The van der Waals surface area contributed by atoms with Gasteiger partial charge in [0.05, 0.1) is 18.8 Å². The van der Waals surface area contributed by atoms with E-state index < -0.39 is 0 Å². The van der Waals surface area contributed by atoms with Gasteiger partial charge in [-0.2, -0.15) is 5.10 Å². The minimum absolute atomic E-state index is 0.102. The molecular weight excluding hydrogens is 180 g/mol. The standard InChI is InChI=1S/C9H18N4O/c1-4-10-8(5-14-7(2)3)9-11-6-12-13-9/h6-8,10H,4-5H2,1-3H3,(H,11,12,13). The lowest BCUT2D eigenvalue weighted by molar-refractivity contribution is 0.0598. The van der Waals surface area contributed by atoms with Crippen LogP contribution in [0.5, 0.6) is 0 Å². The predicted octanol–water partition coefficient (Wildman–Crippen LogP) is 0.880. The molecule has 0 bridgehead atoms. The second-order valence-electron chi connectivity index (χ2n) is 3.36. The monoisotopic (exact) mass is 198 g/mol. The van der Waals surface area contributed by atoms with Gasteiger partial charge in [-0.25, -0.2) is 4.98 Å². The summed E-state index contributed by atoms with van der Waals surface area (Å²) in [5.74, 6) is 0.826. The van der Waals surface area contributed by atoms with E-state index in [4.69, 9.17) is 4.74 Å². The Labute approximate surface area is 84.3 Å². The highest BCUT2D eigenvalue weighted by atomic mass is 16.5. The van der Waals surface area contributed by atoms with E-state index in [1.165, 1.54) is 6.33 Å². The Morgan fingerprint density at radius 2 is 2.36 bits per heavy atom. The molecule has 0 aliphatic heterocycles. The van der Waals surface area contributed by atoms with E-state index in [1.807, 2.05) is 13.8 Å². The highest BCUT2D eigenvalue weighted by Gasteiger charge is 2.13. The number of likely N-dealkylation sites (N-methyl/N-ethyl adjacent to an activating group) is 1. The molecule has 1 rings (SSSR count). The van der Waals surface area contributed by atoms with Crippen LogP contribution in [-0.2, 0) is 4.74 Å². The van der Waals surface area contributed by atoms with Gasteiger partial charge >= 0.3 is 0 Å². The fraction of sp³-hybridized carbons (Fsp3) is 0.778. The molecule has 80 valence electrons. The third-order valence-corrected chi connectivity index (χ3v) is 1.81. The van der Waals surface area contributed by atoms with Crippen LogP contribution in [-0.4, -0.2) is 34.4 Å². The quantitative estimate of drug-likeness (QED) is 0.712. The molecule has 0 fully saturated rings. The third-order valence-electron chi connectivity index (χ3n) is 1.81.